The molecule has 4 rings (SSSR count). The van der Waals surface area contributed by atoms with Crippen molar-refractivity contribution in [3.63, 3.8) is 0 Å². The zero-order chi connectivity index (χ0) is 18.8. The van der Waals surface area contributed by atoms with Gasteiger partial charge in [0, 0.05) is 37.8 Å². The van der Waals surface area contributed by atoms with Crippen molar-refractivity contribution in [1.29, 1.82) is 0 Å². The molecule has 0 fully saturated rings. The Balaban J connectivity index is 1.54. The number of hydrogen-bond acceptors (Lipinski definition) is 5. The second-order valence-corrected chi connectivity index (χ2v) is 7.43. The number of benzene rings is 1. The molecule has 7 heteroatoms. The van der Waals surface area contributed by atoms with Gasteiger partial charge in [0.1, 0.15) is 18.0 Å². The quantitative estimate of drug-likeness (QED) is 0.690. The van der Waals surface area contributed by atoms with Crippen LogP contribution in [0.2, 0.25) is 10.0 Å². The van der Waals surface area contributed by atoms with E-state index in [1.807, 2.05) is 25.3 Å². The highest BCUT2D eigenvalue weighted by atomic mass is 35.5. The number of halogens is 2. The molecule has 0 amide bonds. The fraction of sp³-hybridized carbons (Fsp3) is 0.250. The Hall–Kier alpha value is -2.37. The van der Waals surface area contributed by atoms with Gasteiger partial charge in [0.2, 0.25) is 0 Å². The molecular weight excluding hydrogens is 381 g/mol. The average Bonchev–Trinajstić information content (AvgIpc) is 2.69. The molecule has 138 valence electrons. The highest BCUT2D eigenvalue weighted by Gasteiger charge is 2.22. The van der Waals surface area contributed by atoms with Gasteiger partial charge in [-0.15, -0.1) is 0 Å². The molecule has 1 aliphatic rings. The van der Waals surface area contributed by atoms with Crippen LogP contribution < -0.4 is 10.2 Å². The van der Waals surface area contributed by atoms with E-state index in [0.29, 0.717) is 16.6 Å². The minimum atomic E-state index is 0.553. The maximum atomic E-state index is 6.11. The number of rotatable bonds is 4. The number of nitrogens with one attached hydrogen (secondary N) is 1. The van der Waals surface area contributed by atoms with Crippen LogP contribution in [0.3, 0.4) is 0 Å². The van der Waals surface area contributed by atoms with Crippen LogP contribution in [0.5, 0.6) is 0 Å². The second kappa shape index (κ2) is 7.71. The fourth-order valence-electron chi connectivity index (χ4n) is 3.17. The molecule has 1 aliphatic heterocycles. The van der Waals surface area contributed by atoms with Gasteiger partial charge < -0.3 is 10.2 Å². The fourth-order valence-corrected chi connectivity index (χ4v) is 3.49. The van der Waals surface area contributed by atoms with Gasteiger partial charge in [0.15, 0.2) is 0 Å². The molecule has 0 bridgehead atoms. The Morgan fingerprint density at radius 2 is 1.96 bits per heavy atom. The molecule has 3 heterocycles. The summed E-state index contributed by atoms with van der Waals surface area (Å²) in [7, 11) is 0. The topological polar surface area (TPSA) is 53.9 Å². The van der Waals surface area contributed by atoms with Crippen molar-refractivity contribution in [1.82, 2.24) is 15.0 Å². The van der Waals surface area contributed by atoms with Crippen molar-refractivity contribution in [2.75, 3.05) is 16.8 Å². The van der Waals surface area contributed by atoms with Crippen LogP contribution in [0.15, 0.2) is 42.9 Å². The standard InChI is InChI=1S/C20H19Cl2N5/c1-13-2-5-19(23-9-13)27-7-6-18-15(11-27)20(26-12-25-18)24-10-14-3-4-16(21)17(22)8-14/h2-5,8-9,12H,6-7,10-11H2,1H3,(H,24,25,26). The third-order valence-corrected chi connectivity index (χ3v) is 5.40. The van der Waals surface area contributed by atoms with Crippen LogP contribution in [0.4, 0.5) is 11.6 Å². The second-order valence-electron chi connectivity index (χ2n) is 6.61. The van der Waals surface area contributed by atoms with Crippen molar-refractivity contribution < 1.29 is 0 Å². The first-order chi connectivity index (χ1) is 13.1. The molecule has 0 radical (unpaired) electrons. The largest absolute Gasteiger partial charge is 0.366 e. The molecule has 0 spiro atoms. The van der Waals surface area contributed by atoms with Crippen LogP contribution in [-0.4, -0.2) is 21.5 Å². The molecule has 0 atom stereocenters. The van der Waals surface area contributed by atoms with E-state index in [-0.39, 0.29) is 0 Å². The van der Waals surface area contributed by atoms with E-state index in [0.717, 1.165) is 53.5 Å². The summed E-state index contributed by atoms with van der Waals surface area (Å²) in [6.07, 6.45) is 4.39. The molecule has 2 aromatic heterocycles. The summed E-state index contributed by atoms with van der Waals surface area (Å²) in [6.45, 7) is 4.28. The molecule has 0 saturated heterocycles. The van der Waals surface area contributed by atoms with Gasteiger partial charge in [-0.3, -0.25) is 0 Å². The lowest BCUT2D eigenvalue weighted by molar-refractivity contribution is 0.697. The van der Waals surface area contributed by atoms with Crippen molar-refractivity contribution >= 4 is 34.8 Å². The third-order valence-electron chi connectivity index (χ3n) is 4.67. The summed E-state index contributed by atoms with van der Waals surface area (Å²) >= 11 is 12.1. The summed E-state index contributed by atoms with van der Waals surface area (Å²) in [5, 5.41) is 4.53. The van der Waals surface area contributed by atoms with Gasteiger partial charge in [0.05, 0.1) is 15.7 Å². The number of pyridine rings is 1. The van der Waals surface area contributed by atoms with E-state index in [2.05, 4.69) is 37.3 Å². The number of aryl methyl sites for hydroxylation is 1. The van der Waals surface area contributed by atoms with E-state index in [1.54, 1.807) is 12.4 Å². The smallest absolute Gasteiger partial charge is 0.134 e. The summed E-state index contributed by atoms with van der Waals surface area (Å²) in [5.41, 5.74) is 4.41. The van der Waals surface area contributed by atoms with Gasteiger partial charge in [-0.25, -0.2) is 15.0 Å². The molecule has 1 aromatic carbocycles. The lowest BCUT2D eigenvalue weighted by atomic mass is 10.1. The van der Waals surface area contributed by atoms with Gasteiger partial charge >= 0.3 is 0 Å². The summed E-state index contributed by atoms with van der Waals surface area (Å²) in [5.74, 6) is 1.83. The number of hydrogen-bond donors (Lipinski definition) is 1. The number of nitrogens with zero attached hydrogens (tertiary/aromatic N) is 4. The first-order valence-corrected chi connectivity index (χ1v) is 9.54. The van der Waals surface area contributed by atoms with Crippen molar-refractivity contribution in [3.05, 3.63) is 75.3 Å². The molecule has 5 nitrogen and oxygen atoms in total. The maximum Gasteiger partial charge on any atom is 0.134 e. The Morgan fingerprint density at radius 3 is 2.74 bits per heavy atom. The van der Waals surface area contributed by atoms with Crippen molar-refractivity contribution in [2.24, 2.45) is 0 Å². The molecule has 27 heavy (non-hydrogen) atoms. The van der Waals surface area contributed by atoms with Crippen LogP contribution in [0.25, 0.3) is 0 Å². The molecule has 0 aliphatic carbocycles. The predicted molar refractivity (Wildman–Crippen MR) is 110 cm³/mol. The number of fused-ring (bicyclic) bond motifs is 1. The van der Waals surface area contributed by atoms with Gasteiger partial charge in [-0.2, -0.15) is 0 Å². The van der Waals surface area contributed by atoms with E-state index < -0.39 is 0 Å². The van der Waals surface area contributed by atoms with Gasteiger partial charge in [-0.05, 0) is 36.2 Å². The number of anilines is 2. The summed E-state index contributed by atoms with van der Waals surface area (Å²) in [4.78, 5) is 15.7. The Kier molecular flexibility index (Phi) is 5.14. The van der Waals surface area contributed by atoms with Gasteiger partial charge in [0.25, 0.3) is 0 Å². The maximum absolute atomic E-state index is 6.11. The molecule has 3 aromatic rings. The van der Waals surface area contributed by atoms with Crippen molar-refractivity contribution in [3.8, 4) is 0 Å². The van der Waals surface area contributed by atoms with E-state index in [9.17, 15) is 0 Å². The Bertz CT molecular complexity index is 959. The Morgan fingerprint density at radius 1 is 1.07 bits per heavy atom. The average molecular weight is 400 g/mol. The minimum Gasteiger partial charge on any atom is -0.366 e. The van der Waals surface area contributed by atoms with Crippen molar-refractivity contribution in [2.45, 2.75) is 26.4 Å². The predicted octanol–water partition coefficient (Wildman–Crippen LogP) is 4.66. The number of aromatic nitrogens is 3. The molecule has 0 saturated carbocycles. The zero-order valence-corrected chi connectivity index (χ0v) is 16.4. The monoisotopic (exact) mass is 399 g/mol. The van der Waals surface area contributed by atoms with E-state index in [4.69, 9.17) is 23.2 Å². The SMILES string of the molecule is Cc1ccc(N2CCc3ncnc(NCc4ccc(Cl)c(Cl)c4)c3C2)nc1. The lowest BCUT2D eigenvalue weighted by Crippen LogP contribution is -2.32. The molecule has 1 N–H and O–H groups in total. The highest BCUT2D eigenvalue weighted by molar-refractivity contribution is 6.42. The van der Waals surface area contributed by atoms with Crippen LogP contribution in [-0.2, 0) is 19.5 Å². The summed E-state index contributed by atoms with van der Waals surface area (Å²) in [6, 6.07) is 9.78. The molecular formula is C20H19Cl2N5. The Labute approximate surface area is 168 Å². The normalized spacial score (nSPS) is 13.4. The first-order valence-electron chi connectivity index (χ1n) is 8.78. The first kappa shape index (κ1) is 18.0. The van der Waals surface area contributed by atoms with Crippen LogP contribution in [0.1, 0.15) is 22.4 Å². The third kappa shape index (κ3) is 3.99. The lowest BCUT2D eigenvalue weighted by Gasteiger charge is -2.30. The van der Waals surface area contributed by atoms with Crippen LogP contribution >= 0.6 is 23.2 Å². The minimum absolute atomic E-state index is 0.553. The summed E-state index contributed by atoms with van der Waals surface area (Å²) < 4.78 is 0. The van der Waals surface area contributed by atoms with E-state index >= 15 is 0 Å². The van der Waals surface area contributed by atoms with Gasteiger partial charge in [-0.1, -0.05) is 35.3 Å². The van der Waals surface area contributed by atoms with E-state index in [1.165, 1.54) is 0 Å². The highest BCUT2D eigenvalue weighted by Crippen LogP contribution is 2.27. The van der Waals surface area contributed by atoms with Crippen LogP contribution in [0, 0.1) is 6.92 Å². The zero-order valence-electron chi connectivity index (χ0n) is 14.9. The molecule has 0 unspecified atom stereocenters.